The highest BCUT2D eigenvalue weighted by Crippen LogP contribution is 2.41. The molecule has 0 aliphatic heterocycles. The molecule has 0 spiro atoms. The minimum Gasteiger partial charge on any atom is -0.0616 e. The molecule has 90 heavy (non-hydrogen) atoms. The van der Waals surface area contributed by atoms with Crippen molar-refractivity contribution in [1.82, 2.24) is 0 Å². The minimum absolute atomic E-state index is 1.32. The maximum atomic E-state index is 2.33. The first-order valence-corrected chi connectivity index (χ1v) is 31.9. The van der Waals surface area contributed by atoms with Gasteiger partial charge in [-0.3, -0.25) is 0 Å². The van der Waals surface area contributed by atoms with Gasteiger partial charge in [-0.2, -0.15) is 0 Å². The summed E-state index contributed by atoms with van der Waals surface area (Å²) in [7, 11) is 0. The molecule has 19 aromatic rings. The van der Waals surface area contributed by atoms with E-state index in [0.717, 1.165) is 0 Å². The van der Waals surface area contributed by atoms with Crippen molar-refractivity contribution in [2.24, 2.45) is 0 Å². The van der Waals surface area contributed by atoms with E-state index in [1.807, 2.05) is 0 Å². The quantitative estimate of drug-likeness (QED) is 0.105. The Morgan fingerprint density at radius 3 is 0.822 bits per heavy atom. The lowest BCUT2D eigenvalue weighted by Gasteiger charge is -2.14. The largest absolute Gasteiger partial charge is 0.0616 e. The van der Waals surface area contributed by atoms with Gasteiger partial charge < -0.3 is 0 Å². The molecule has 0 amide bonds. The van der Waals surface area contributed by atoms with Crippen LogP contribution in [0.4, 0.5) is 0 Å². The van der Waals surface area contributed by atoms with Crippen LogP contribution in [0.25, 0.3) is 151 Å². The number of hydrogen-bond acceptors (Lipinski definition) is 0. The standard InChI is InChI=1S/C20H16.3C18H14.C16H14/c1-13-11-19-18-10-6-4-8-16(18)14(2)12-20(19)17-9-5-3-7-15(13)17;1-11-9-13-5-4-8-16-12(2)10-14-6-3-7-15(11)17(14)18(13)16;1-11-7-13-3-5-15-9-12(2)10-16-6-4-14(8-11)17(13)18(15)16;1-11-3-5-13-8-10-16-12(2)4-6-14-7-9-15(11)17(13)18(14)16;1-11-3-5-13-10-16-8-12(2)4-6-14(16)9-15(13)7-11/h3-12H,1-2H3;3*3-10H,1-2H3;3-10H,1-2H3. The lowest BCUT2D eigenvalue weighted by atomic mass is 9.90. The predicted octanol–water partition coefficient (Wildman–Crippen LogP) is 26.0. The second-order valence-corrected chi connectivity index (χ2v) is 25.8. The fourth-order valence-corrected chi connectivity index (χ4v) is 15.0. The molecule has 0 fully saturated rings. The number of fused-ring (bicyclic) bond motifs is 7. The Bertz CT molecular complexity index is 5570. The lowest BCUT2D eigenvalue weighted by molar-refractivity contribution is 1.50. The zero-order valence-electron chi connectivity index (χ0n) is 53.2. The molecule has 0 aliphatic carbocycles. The topological polar surface area (TPSA) is 0 Å². The Morgan fingerprint density at radius 1 is 0.133 bits per heavy atom. The van der Waals surface area contributed by atoms with E-state index in [2.05, 4.69) is 324 Å². The van der Waals surface area contributed by atoms with Gasteiger partial charge >= 0.3 is 0 Å². The van der Waals surface area contributed by atoms with Crippen molar-refractivity contribution >= 4 is 151 Å². The minimum atomic E-state index is 1.32. The molecule has 0 N–H and O–H groups in total. The molecule has 0 nitrogen and oxygen atoms in total. The molecule has 0 aromatic heterocycles. The zero-order valence-corrected chi connectivity index (χ0v) is 53.2. The van der Waals surface area contributed by atoms with Crippen LogP contribution in [0.1, 0.15) is 55.6 Å². The summed E-state index contributed by atoms with van der Waals surface area (Å²) in [6.45, 7) is 21.8. The first-order valence-electron chi connectivity index (χ1n) is 31.9. The second-order valence-electron chi connectivity index (χ2n) is 25.8. The maximum Gasteiger partial charge on any atom is -0.00239 e. The van der Waals surface area contributed by atoms with Crippen LogP contribution in [0, 0.1) is 69.2 Å². The maximum absolute atomic E-state index is 2.33. The fourth-order valence-electron chi connectivity index (χ4n) is 15.0. The van der Waals surface area contributed by atoms with E-state index in [0.29, 0.717) is 0 Å². The van der Waals surface area contributed by atoms with Crippen molar-refractivity contribution in [2.75, 3.05) is 0 Å². The highest BCUT2D eigenvalue weighted by Gasteiger charge is 2.15. The van der Waals surface area contributed by atoms with Gasteiger partial charge in [-0.25, -0.2) is 0 Å². The number of rotatable bonds is 0. The van der Waals surface area contributed by atoms with Crippen molar-refractivity contribution in [3.05, 3.63) is 310 Å². The molecule has 19 rings (SSSR count). The number of hydrogen-bond donors (Lipinski definition) is 0. The summed E-state index contributed by atoms with van der Waals surface area (Å²) in [6, 6.07) is 93.7. The van der Waals surface area contributed by atoms with Gasteiger partial charge in [-0.15, -0.1) is 0 Å². The van der Waals surface area contributed by atoms with Crippen LogP contribution in [0.2, 0.25) is 0 Å². The van der Waals surface area contributed by atoms with Gasteiger partial charge in [0.2, 0.25) is 0 Å². The molecule has 0 unspecified atom stereocenters. The molecule has 0 saturated heterocycles. The average molecular weight is 1150 g/mol. The lowest BCUT2D eigenvalue weighted by Crippen LogP contribution is -1.88. The van der Waals surface area contributed by atoms with Gasteiger partial charge in [0.1, 0.15) is 0 Å². The smallest absolute Gasteiger partial charge is 0.00239 e. The first-order chi connectivity index (χ1) is 43.7. The third-order valence-electron chi connectivity index (χ3n) is 19.4. The molecular formula is C90H72. The van der Waals surface area contributed by atoms with Gasteiger partial charge in [0.05, 0.1) is 0 Å². The van der Waals surface area contributed by atoms with Crippen LogP contribution in [-0.2, 0) is 0 Å². The molecule has 0 aliphatic rings. The van der Waals surface area contributed by atoms with E-state index < -0.39 is 0 Å². The number of benzene rings is 19. The van der Waals surface area contributed by atoms with E-state index in [9.17, 15) is 0 Å². The molecule has 432 valence electrons. The van der Waals surface area contributed by atoms with E-state index >= 15 is 0 Å². The van der Waals surface area contributed by atoms with Crippen LogP contribution in [0.3, 0.4) is 0 Å². The molecule has 0 atom stereocenters. The van der Waals surface area contributed by atoms with Gasteiger partial charge in [-0.05, 0) is 277 Å². The van der Waals surface area contributed by atoms with Crippen LogP contribution in [0.5, 0.6) is 0 Å². The van der Waals surface area contributed by atoms with E-state index in [-0.39, 0.29) is 0 Å². The number of aryl methyl sites for hydroxylation is 10. The summed E-state index contributed by atoms with van der Waals surface area (Å²) < 4.78 is 0. The summed E-state index contributed by atoms with van der Waals surface area (Å²) in [5.41, 5.74) is 13.4. The summed E-state index contributed by atoms with van der Waals surface area (Å²) in [5.74, 6) is 0. The Balaban J connectivity index is 0.0000000940. The molecule has 0 heterocycles. The predicted molar refractivity (Wildman–Crippen MR) is 398 cm³/mol. The SMILES string of the molecule is Cc1cc2c3ccccc3c(C)cc2c2ccccc12.Cc1cc2ccc3cc(C)cc4ccc(c1)c2c34.Cc1cc2cccc3c(C)cc4cccc1c4c23.Cc1ccc2cc3cc(C)ccc3cc2c1.Cc1ccc2ccc3c(C)ccc4ccc1c2c43. The van der Waals surface area contributed by atoms with E-state index in [4.69, 9.17) is 0 Å². The van der Waals surface area contributed by atoms with Crippen molar-refractivity contribution in [3.8, 4) is 0 Å². The Kier molecular flexibility index (Phi) is 13.9. The molecule has 0 heteroatoms. The Labute approximate surface area is 527 Å². The molecular weight excluding hydrogens is 1080 g/mol. The Morgan fingerprint density at radius 2 is 0.422 bits per heavy atom. The van der Waals surface area contributed by atoms with Crippen molar-refractivity contribution in [2.45, 2.75) is 69.2 Å². The van der Waals surface area contributed by atoms with Gasteiger partial charge in [0, 0.05) is 0 Å². The van der Waals surface area contributed by atoms with E-state index in [1.54, 1.807) is 0 Å². The highest BCUT2D eigenvalue weighted by molar-refractivity contribution is 6.27. The van der Waals surface area contributed by atoms with E-state index in [1.165, 1.54) is 206 Å². The summed E-state index contributed by atoms with van der Waals surface area (Å²) in [6.07, 6.45) is 0. The molecule has 0 bridgehead atoms. The van der Waals surface area contributed by atoms with Gasteiger partial charge in [0.25, 0.3) is 0 Å². The normalized spacial score (nSPS) is 11.7. The second kappa shape index (κ2) is 22.3. The summed E-state index contributed by atoms with van der Waals surface area (Å²) >= 11 is 0. The molecule has 0 saturated carbocycles. The van der Waals surface area contributed by atoms with Crippen molar-refractivity contribution < 1.29 is 0 Å². The monoisotopic (exact) mass is 1150 g/mol. The van der Waals surface area contributed by atoms with Gasteiger partial charge in [0.15, 0.2) is 0 Å². The average Bonchev–Trinajstić information content (AvgIpc) is 0.775. The third kappa shape index (κ3) is 9.80. The fraction of sp³-hybridized carbons (Fsp3) is 0.111. The Hall–Kier alpha value is -10.4. The van der Waals surface area contributed by atoms with Crippen LogP contribution in [0.15, 0.2) is 255 Å². The summed E-state index contributed by atoms with van der Waals surface area (Å²) in [5, 5.41) is 38.4. The highest BCUT2D eigenvalue weighted by atomic mass is 14.2. The summed E-state index contributed by atoms with van der Waals surface area (Å²) in [4.78, 5) is 0. The van der Waals surface area contributed by atoms with Gasteiger partial charge in [-0.1, -0.05) is 254 Å². The first kappa shape index (κ1) is 56.1. The van der Waals surface area contributed by atoms with Crippen molar-refractivity contribution in [3.63, 3.8) is 0 Å². The van der Waals surface area contributed by atoms with Crippen LogP contribution < -0.4 is 0 Å². The van der Waals surface area contributed by atoms with Crippen LogP contribution in [-0.4, -0.2) is 0 Å². The van der Waals surface area contributed by atoms with Crippen molar-refractivity contribution in [1.29, 1.82) is 0 Å². The zero-order chi connectivity index (χ0) is 61.6. The molecule has 0 radical (unpaired) electrons. The molecule has 19 aromatic carbocycles. The van der Waals surface area contributed by atoms with Crippen LogP contribution >= 0.6 is 0 Å². The third-order valence-corrected chi connectivity index (χ3v) is 19.4.